The molecular formula is C29H21Cl2N3O7. The van der Waals surface area contributed by atoms with E-state index in [0.29, 0.717) is 27.2 Å². The van der Waals surface area contributed by atoms with Crippen LogP contribution in [0, 0.1) is 22.0 Å². The Morgan fingerprint density at radius 1 is 0.878 bits per heavy atom. The number of imide groups is 1. The van der Waals surface area contributed by atoms with Crippen LogP contribution >= 0.6 is 23.2 Å². The molecule has 2 bridgehead atoms. The number of hydrogen-bond donors (Lipinski definition) is 1. The third-order valence-electron chi connectivity index (χ3n) is 8.16. The number of carbonyl (C=O) groups excluding carboxylic acids is 4. The molecule has 208 valence electrons. The highest BCUT2D eigenvalue weighted by atomic mass is 35.5. The summed E-state index contributed by atoms with van der Waals surface area (Å²) in [6.45, 7) is -0.538. The number of benzene rings is 3. The summed E-state index contributed by atoms with van der Waals surface area (Å²) < 4.78 is 5.32. The highest BCUT2D eigenvalue weighted by molar-refractivity contribution is 6.36. The van der Waals surface area contributed by atoms with Crippen molar-refractivity contribution in [2.45, 2.75) is 28.8 Å². The molecule has 1 heterocycles. The Balaban J connectivity index is 1.42. The molecule has 0 saturated carbocycles. The Bertz CT molecular complexity index is 1550. The SMILES string of the molecule is NC(=O)C[C@H](C(=O)OCc1ccccc1[N+](=O)[O-])N1C(=O)[C@@H]2[C@H](C1=O)C1(Cl)c3ccccc3C2(Cl)c2ccccc21. The molecule has 10 nitrogen and oxygen atoms in total. The first-order valence-corrected chi connectivity index (χ1v) is 13.4. The van der Waals surface area contributed by atoms with Crippen LogP contribution in [0.3, 0.4) is 0 Å². The Morgan fingerprint density at radius 3 is 1.76 bits per heavy atom. The predicted molar refractivity (Wildman–Crippen MR) is 145 cm³/mol. The summed E-state index contributed by atoms with van der Waals surface area (Å²) in [7, 11) is 0. The van der Waals surface area contributed by atoms with Crippen LogP contribution in [0.25, 0.3) is 0 Å². The molecule has 3 atom stereocenters. The van der Waals surface area contributed by atoms with Crippen molar-refractivity contribution in [3.05, 3.63) is 111 Å². The maximum Gasteiger partial charge on any atom is 0.330 e. The lowest BCUT2D eigenvalue weighted by Crippen LogP contribution is -2.57. The lowest BCUT2D eigenvalue weighted by molar-refractivity contribution is -0.385. The van der Waals surface area contributed by atoms with Crippen LogP contribution < -0.4 is 5.73 Å². The Hall–Kier alpha value is -4.28. The minimum Gasteiger partial charge on any atom is -0.459 e. The summed E-state index contributed by atoms with van der Waals surface area (Å²) in [5, 5.41) is 11.4. The van der Waals surface area contributed by atoms with Gasteiger partial charge in [0.2, 0.25) is 17.7 Å². The molecule has 3 aromatic carbocycles. The van der Waals surface area contributed by atoms with E-state index >= 15 is 0 Å². The van der Waals surface area contributed by atoms with Gasteiger partial charge in [-0.3, -0.25) is 29.4 Å². The van der Waals surface area contributed by atoms with Gasteiger partial charge >= 0.3 is 5.97 Å². The predicted octanol–water partition coefficient (Wildman–Crippen LogP) is 3.48. The number of esters is 1. The van der Waals surface area contributed by atoms with Gasteiger partial charge in [0.1, 0.15) is 22.4 Å². The van der Waals surface area contributed by atoms with E-state index in [1.165, 1.54) is 24.3 Å². The van der Waals surface area contributed by atoms with Gasteiger partial charge in [0.05, 0.1) is 28.7 Å². The molecule has 3 aromatic rings. The third-order valence-corrected chi connectivity index (χ3v) is 9.44. The quantitative estimate of drug-likeness (QED) is 0.145. The Kier molecular flexibility index (Phi) is 6.16. The van der Waals surface area contributed by atoms with Crippen LogP contribution in [-0.2, 0) is 40.3 Å². The minimum atomic E-state index is -1.73. The smallest absolute Gasteiger partial charge is 0.330 e. The van der Waals surface area contributed by atoms with Crippen LogP contribution in [0.1, 0.15) is 34.2 Å². The first kappa shape index (κ1) is 26.9. The summed E-state index contributed by atoms with van der Waals surface area (Å²) in [4.78, 5) is 62.2. The lowest BCUT2D eigenvalue weighted by Gasteiger charge is -2.54. The van der Waals surface area contributed by atoms with Crippen molar-refractivity contribution in [2.75, 3.05) is 0 Å². The van der Waals surface area contributed by atoms with Crippen LogP contribution in [0.5, 0.6) is 0 Å². The maximum atomic E-state index is 14.2. The standard InChI is InChI=1S/C29H21Cl2N3O7/c30-28-16-8-2-3-9-17(16)29(31,19-11-5-4-10-18(19)28)24-23(28)25(36)33(26(24)37)21(13-22(32)35)27(38)41-14-15-7-1-6-12-20(15)34(39)40/h1-12,21,23-24H,13-14H2,(H2,32,35)/t21-,23-,24+,28?,29?/m1/s1. The number of carbonyl (C=O) groups is 4. The number of halogens is 2. The number of rotatable bonds is 7. The van der Waals surface area contributed by atoms with Crippen molar-refractivity contribution in [1.29, 1.82) is 0 Å². The molecule has 4 aliphatic rings. The molecule has 3 aliphatic carbocycles. The first-order valence-electron chi connectivity index (χ1n) is 12.6. The number of nitro groups is 1. The normalized spacial score (nSPS) is 26.1. The zero-order chi connectivity index (χ0) is 29.3. The van der Waals surface area contributed by atoms with E-state index in [-0.39, 0.29) is 11.3 Å². The number of nitro benzene ring substituents is 1. The van der Waals surface area contributed by atoms with Gasteiger partial charge in [-0.05, 0) is 28.3 Å². The van der Waals surface area contributed by atoms with E-state index < -0.39 is 69.3 Å². The van der Waals surface area contributed by atoms with E-state index in [4.69, 9.17) is 33.7 Å². The third kappa shape index (κ3) is 3.63. The maximum absolute atomic E-state index is 14.2. The topological polar surface area (TPSA) is 150 Å². The van der Waals surface area contributed by atoms with Gasteiger partial charge in [-0.1, -0.05) is 60.7 Å². The molecule has 0 radical (unpaired) electrons. The molecule has 41 heavy (non-hydrogen) atoms. The van der Waals surface area contributed by atoms with Crippen molar-refractivity contribution in [3.8, 4) is 0 Å². The number of para-hydroxylation sites is 1. The summed E-state index contributed by atoms with van der Waals surface area (Å²) in [5.74, 6) is -6.08. The van der Waals surface area contributed by atoms with Crippen molar-refractivity contribution in [3.63, 3.8) is 0 Å². The Morgan fingerprint density at radius 2 is 1.32 bits per heavy atom. The molecule has 7 rings (SSSR count). The van der Waals surface area contributed by atoms with Crippen LogP contribution in [0.15, 0.2) is 72.8 Å². The average Bonchev–Trinajstić information content (AvgIpc) is 3.24. The molecule has 12 heteroatoms. The van der Waals surface area contributed by atoms with Crippen molar-refractivity contribution < 1.29 is 28.8 Å². The number of amides is 3. The van der Waals surface area contributed by atoms with E-state index in [0.717, 1.165) is 0 Å². The summed E-state index contributed by atoms with van der Waals surface area (Å²) in [6, 6.07) is 18.0. The second kappa shape index (κ2) is 9.39. The van der Waals surface area contributed by atoms with Gasteiger partial charge in [0.25, 0.3) is 5.69 Å². The molecule has 1 aliphatic heterocycles. The fraction of sp³-hybridized carbons (Fsp3) is 0.241. The van der Waals surface area contributed by atoms with Crippen molar-refractivity contribution in [1.82, 2.24) is 4.90 Å². The number of hydrogen-bond acceptors (Lipinski definition) is 7. The minimum absolute atomic E-state index is 0.0831. The van der Waals surface area contributed by atoms with E-state index in [1.807, 2.05) is 0 Å². The molecular weight excluding hydrogens is 573 g/mol. The summed E-state index contributed by atoms with van der Waals surface area (Å²) in [5.41, 5.74) is 7.52. The number of alkyl halides is 2. The van der Waals surface area contributed by atoms with E-state index in [9.17, 15) is 29.3 Å². The lowest BCUT2D eigenvalue weighted by atomic mass is 9.54. The largest absolute Gasteiger partial charge is 0.459 e. The molecule has 1 fully saturated rings. The van der Waals surface area contributed by atoms with Gasteiger partial charge in [-0.25, -0.2) is 4.79 Å². The number of nitrogens with two attached hydrogens (primary N) is 1. The second-order valence-corrected chi connectivity index (χ2v) is 11.4. The average molecular weight is 594 g/mol. The van der Waals surface area contributed by atoms with Gasteiger partial charge in [-0.15, -0.1) is 23.2 Å². The molecule has 0 spiro atoms. The summed E-state index contributed by atoms with van der Waals surface area (Å²) in [6.07, 6.45) is -0.725. The first-order chi connectivity index (χ1) is 19.5. The van der Waals surface area contributed by atoms with Crippen LogP contribution in [-0.4, -0.2) is 39.6 Å². The zero-order valence-corrected chi connectivity index (χ0v) is 22.7. The van der Waals surface area contributed by atoms with Crippen LogP contribution in [0.2, 0.25) is 0 Å². The number of nitrogens with zero attached hydrogens (tertiary/aromatic N) is 2. The molecule has 0 unspecified atom stereocenters. The monoisotopic (exact) mass is 593 g/mol. The highest BCUT2D eigenvalue weighted by Gasteiger charge is 2.73. The number of ether oxygens (including phenoxy) is 1. The fourth-order valence-corrected chi connectivity index (χ4v) is 7.62. The second-order valence-electron chi connectivity index (χ2n) is 10.2. The van der Waals surface area contributed by atoms with Crippen molar-refractivity contribution in [2.24, 2.45) is 17.6 Å². The highest BCUT2D eigenvalue weighted by Crippen LogP contribution is 2.69. The number of primary amides is 1. The van der Waals surface area contributed by atoms with Gasteiger partial charge in [0.15, 0.2) is 0 Å². The summed E-state index contributed by atoms with van der Waals surface area (Å²) >= 11 is 14.8. The van der Waals surface area contributed by atoms with E-state index in [2.05, 4.69) is 0 Å². The van der Waals surface area contributed by atoms with Crippen molar-refractivity contribution >= 4 is 52.6 Å². The molecule has 2 N–H and O–H groups in total. The molecule has 0 aromatic heterocycles. The molecule has 3 amide bonds. The number of likely N-dealkylation sites (tertiary alicyclic amines) is 1. The van der Waals surface area contributed by atoms with Crippen LogP contribution in [0.4, 0.5) is 5.69 Å². The molecule has 1 saturated heterocycles. The van der Waals surface area contributed by atoms with Gasteiger partial charge < -0.3 is 10.5 Å². The van der Waals surface area contributed by atoms with Gasteiger partial charge in [0, 0.05) is 6.07 Å². The fourth-order valence-electron chi connectivity index (χ4n) is 6.52. The Labute approximate surface area is 243 Å². The van der Waals surface area contributed by atoms with E-state index in [1.54, 1.807) is 48.5 Å². The zero-order valence-electron chi connectivity index (χ0n) is 21.2. The van der Waals surface area contributed by atoms with Gasteiger partial charge in [-0.2, -0.15) is 0 Å².